The van der Waals surface area contributed by atoms with Crippen molar-refractivity contribution in [3.63, 3.8) is 0 Å². The van der Waals surface area contributed by atoms with E-state index in [-0.39, 0.29) is 17.9 Å². The fraction of sp³-hybridized carbons (Fsp3) is 0.667. The second-order valence-electron chi connectivity index (χ2n) is 4.62. The van der Waals surface area contributed by atoms with Crippen LogP contribution in [0.4, 0.5) is 5.69 Å². The van der Waals surface area contributed by atoms with Crippen molar-refractivity contribution in [2.24, 2.45) is 5.92 Å². The molecule has 2 atom stereocenters. The normalized spacial score (nSPS) is 24.6. The van der Waals surface area contributed by atoms with Crippen LogP contribution in [0.25, 0.3) is 0 Å². The minimum Gasteiger partial charge on any atom is -0.378 e. The van der Waals surface area contributed by atoms with Crippen molar-refractivity contribution in [1.29, 1.82) is 0 Å². The van der Waals surface area contributed by atoms with Gasteiger partial charge in [0.25, 0.3) is 0 Å². The van der Waals surface area contributed by atoms with Gasteiger partial charge in [0, 0.05) is 6.61 Å². The molecular formula is C12H19N3O2. The third kappa shape index (κ3) is 2.49. The first-order chi connectivity index (χ1) is 8.09. The van der Waals surface area contributed by atoms with E-state index in [9.17, 15) is 4.79 Å². The van der Waals surface area contributed by atoms with E-state index in [0.717, 1.165) is 36.5 Å². The van der Waals surface area contributed by atoms with Crippen LogP contribution in [0, 0.1) is 19.8 Å². The van der Waals surface area contributed by atoms with Crippen molar-refractivity contribution in [3.8, 4) is 0 Å². The molecule has 2 heterocycles. The number of nitrogens with one attached hydrogen (secondary N) is 2. The zero-order valence-electron chi connectivity index (χ0n) is 10.5. The second kappa shape index (κ2) is 4.87. The lowest BCUT2D eigenvalue weighted by atomic mass is 9.94. The first-order valence-electron chi connectivity index (χ1n) is 6.03. The highest BCUT2D eigenvalue weighted by molar-refractivity contribution is 5.94. The maximum absolute atomic E-state index is 12.1. The van der Waals surface area contributed by atoms with Gasteiger partial charge in [-0.1, -0.05) is 0 Å². The van der Waals surface area contributed by atoms with E-state index in [1.165, 1.54) is 0 Å². The number of hydrogen-bond acceptors (Lipinski definition) is 3. The fourth-order valence-electron chi connectivity index (χ4n) is 2.22. The van der Waals surface area contributed by atoms with Crippen LogP contribution in [0.15, 0.2) is 0 Å². The summed E-state index contributed by atoms with van der Waals surface area (Å²) in [6.45, 7) is 6.49. The molecule has 0 spiro atoms. The van der Waals surface area contributed by atoms with Gasteiger partial charge in [-0.15, -0.1) is 0 Å². The van der Waals surface area contributed by atoms with E-state index in [0.29, 0.717) is 0 Å². The molecule has 2 N–H and O–H groups in total. The Labute approximate surface area is 101 Å². The number of nitrogens with zero attached hydrogens (tertiary/aromatic N) is 1. The molecule has 17 heavy (non-hydrogen) atoms. The Morgan fingerprint density at radius 1 is 1.53 bits per heavy atom. The van der Waals surface area contributed by atoms with E-state index >= 15 is 0 Å². The number of rotatable bonds is 2. The molecule has 1 fully saturated rings. The molecule has 0 aliphatic carbocycles. The molecule has 1 aromatic heterocycles. The largest absolute Gasteiger partial charge is 0.378 e. The minimum absolute atomic E-state index is 0.00346. The number of aromatic amines is 1. The second-order valence-corrected chi connectivity index (χ2v) is 4.62. The number of amides is 1. The molecule has 1 aliphatic heterocycles. The van der Waals surface area contributed by atoms with E-state index in [4.69, 9.17) is 4.74 Å². The maximum Gasteiger partial charge on any atom is 0.230 e. The number of aromatic nitrogens is 2. The summed E-state index contributed by atoms with van der Waals surface area (Å²) < 4.78 is 5.51. The SMILES string of the molecule is Cc1n[nH]c(C)c1NC(=O)[C@@H]1CCCO[C@H]1C. The lowest BCUT2D eigenvalue weighted by molar-refractivity contribution is -0.127. The monoisotopic (exact) mass is 237 g/mol. The van der Waals surface area contributed by atoms with Crippen LogP contribution in [0.5, 0.6) is 0 Å². The summed E-state index contributed by atoms with van der Waals surface area (Å²) in [5.41, 5.74) is 2.51. The topological polar surface area (TPSA) is 67.0 Å². The standard InChI is InChI=1S/C12H19N3O2/c1-7-11(8(2)15-14-7)13-12(16)10-5-4-6-17-9(10)3/h9-10H,4-6H2,1-3H3,(H,13,16)(H,14,15)/t9-,10+/m0/s1. The Bertz CT molecular complexity index is 394. The summed E-state index contributed by atoms with van der Waals surface area (Å²) in [6.07, 6.45) is 1.84. The summed E-state index contributed by atoms with van der Waals surface area (Å²) in [7, 11) is 0. The molecule has 5 heteroatoms. The van der Waals surface area contributed by atoms with Crippen molar-refractivity contribution in [2.45, 2.75) is 39.7 Å². The molecule has 0 radical (unpaired) electrons. The van der Waals surface area contributed by atoms with Crippen molar-refractivity contribution in [3.05, 3.63) is 11.4 Å². The summed E-state index contributed by atoms with van der Waals surface area (Å²) in [4.78, 5) is 12.1. The number of aryl methyl sites for hydroxylation is 2. The molecule has 0 saturated carbocycles. The van der Waals surface area contributed by atoms with Crippen molar-refractivity contribution in [1.82, 2.24) is 10.2 Å². The van der Waals surface area contributed by atoms with E-state index in [2.05, 4.69) is 15.5 Å². The molecule has 1 aliphatic rings. The quantitative estimate of drug-likeness (QED) is 0.824. The number of H-pyrrole nitrogens is 1. The summed E-state index contributed by atoms with van der Waals surface area (Å²) in [5.74, 6) is -0.0257. The average molecular weight is 237 g/mol. The molecular weight excluding hydrogens is 218 g/mol. The van der Waals surface area contributed by atoms with Gasteiger partial charge in [0.05, 0.1) is 29.1 Å². The van der Waals surface area contributed by atoms with Gasteiger partial charge < -0.3 is 10.1 Å². The third-order valence-electron chi connectivity index (χ3n) is 3.32. The van der Waals surface area contributed by atoms with Crippen molar-refractivity contribution >= 4 is 11.6 Å². The van der Waals surface area contributed by atoms with Gasteiger partial charge in [0.1, 0.15) is 0 Å². The smallest absolute Gasteiger partial charge is 0.230 e. The van der Waals surface area contributed by atoms with Crippen LogP contribution < -0.4 is 5.32 Å². The van der Waals surface area contributed by atoms with Gasteiger partial charge in [-0.3, -0.25) is 9.89 Å². The molecule has 1 saturated heterocycles. The summed E-state index contributed by atoms with van der Waals surface area (Å²) in [6, 6.07) is 0. The Balaban J connectivity index is 2.06. The zero-order valence-corrected chi connectivity index (χ0v) is 10.5. The molecule has 1 aromatic rings. The van der Waals surface area contributed by atoms with E-state index in [1.54, 1.807) is 0 Å². The summed E-state index contributed by atoms with van der Waals surface area (Å²) >= 11 is 0. The van der Waals surface area contributed by atoms with Crippen LogP contribution in [-0.4, -0.2) is 28.8 Å². The molecule has 1 amide bonds. The molecule has 2 rings (SSSR count). The minimum atomic E-state index is -0.0579. The lowest BCUT2D eigenvalue weighted by Crippen LogP contribution is -2.36. The van der Waals surface area contributed by atoms with Crippen LogP contribution in [0.2, 0.25) is 0 Å². The van der Waals surface area contributed by atoms with Gasteiger partial charge in [0.2, 0.25) is 5.91 Å². The maximum atomic E-state index is 12.1. The van der Waals surface area contributed by atoms with Crippen LogP contribution in [-0.2, 0) is 9.53 Å². The van der Waals surface area contributed by atoms with Gasteiger partial charge in [0.15, 0.2) is 0 Å². The van der Waals surface area contributed by atoms with Gasteiger partial charge in [-0.25, -0.2) is 0 Å². The fourth-order valence-corrected chi connectivity index (χ4v) is 2.22. The zero-order chi connectivity index (χ0) is 12.4. The van der Waals surface area contributed by atoms with E-state index in [1.807, 2.05) is 20.8 Å². The van der Waals surface area contributed by atoms with Gasteiger partial charge in [-0.05, 0) is 33.6 Å². The number of carbonyl (C=O) groups is 1. The summed E-state index contributed by atoms with van der Waals surface area (Å²) in [5, 5.41) is 9.87. The van der Waals surface area contributed by atoms with Crippen LogP contribution in [0.3, 0.4) is 0 Å². The van der Waals surface area contributed by atoms with E-state index < -0.39 is 0 Å². The molecule has 0 aromatic carbocycles. The highest BCUT2D eigenvalue weighted by atomic mass is 16.5. The number of hydrogen-bond donors (Lipinski definition) is 2. The molecule has 0 bridgehead atoms. The third-order valence-corrected chi connectivity index (χ3v) is 3.32. The Morgan fingerprint density at radius 3 is 2.88 bits per heavy atom. The van der Waals surface area contributed by atoms with Crippen molar-refractivity contribution < 1.29 is 9.53 Å². The van der Waals surface area contributed by atoms with Crippen molar-refractivity contribution in [2.75, 3.05) is 11.9 Å². The predicted molar refractivity (Wildman–Crippen MR) is 64.8 cm³/mol. The van der Waals surface area contributed by atoms with Gasteiger partial charge >= 0.3 is 0 Å². The Hall–Kier alpha value is -1.36. The number of carbonyl (C=O) groups excluding carboxylic acids is 1. The first-order valence-corrected chi connectivity index (χ1v) is 6.03. The highest BCUT2D eigenvalue weighted by Gasteiger charge is 2.29. The molecule has 5 nitrogen and oxygen atoms in total. The Kier molecular flexibility index (Phi) is 3.47. The first kappa shape index (κ1) is 12.1. The van der Waals surface area contributed by atoms with Crippen LogP contribution in [0.1, 0.15) is 31.2 Å². The number of ether oxygens (including phenoxy) is 1. The molecule has 94 valence electrons. The molecule has 0 unspecified atom stereocenters. The van der Waals surface area contributed by atoms with Crippen LogP contribution >= 0.6 is 0 Å². The Morgan fingerprint density at radius 2 is 2.29 bits per heavy atom. The van der Waals surface area contributed by atoms with Gasteiger partial charge in [-0.2, -0.15) is 5.10 Å². The highest BCUT2D eigenvalue weighted by Crippen LogP contribution is 2.24. The average Bonchev–Trinajstić information content (AvgIpc) is 2.61. The predicted octanol–water partition coefficient (Wildman–Crippen LogP) is 1.78. The lowest BCUT2D eigenvalue weighted by Gasteiger charge is -2.28. The number of anilines is 1.